The average Bonchev–Trinajstić information content (AvgIpc) is 2.91. The summed E-state index contributed by atoms with van der Waals surface area (Å²) >= 11 is 1.21. The number of hydrogen-bond acceptors (Lipinski definition) is 5. The predicted octanol–water partition coefficient (Wildman–Crippen LogP) is 1.92. The second-order valence-electron chi connectivity index (χ2n) is 3.82. The van der Waals surface area contributed by atoms with E-state index < -0.39 is 0 Å². The zero-order valence-corrected chi connectivity index (χ0v) is 9.99. The molecule has 0 aliphatic heterocycles. The van der Waals surface area contributed by atoms with Gasteiger partial charge < -0.3 is 4.42 Å². The summed E-state index contributed by atoms with van der Waals surface area (Å²) in [6.07, 6.45) is 1.59. The largest absolute Gasteiger partial charge is 0.432 e. The molecule has 0 saturated carbocycles. The van der Waals surface area contributed by atoms with Crippen molar-refractivity contribution in [2.45, 2.75) is 13.5 Å². The Morgan fingerprint density at radius 2 is 2.29 bits per heavy atom. The topological polar surface area (TPSA) is 67.7 Å². The van der Waals surface area contributed by atoms with E-state index in [1.807, 2.05) is 25.1 Å². The SMILES string of the molecule is Cc1coc(=N)n1Cc1cccc2nsnc12. The van der Waals surface area contributed by atoms with E-state index in [1.54, 1.807) is 10.8 Å². The maximum Gasteiger partial charge on any atom is 0.294 e. The van der Waals surface area contributed by atoms with Crippen molar-refractivity contribution in [2.24, 2.45) is 0 Å². The third-order valence-electron chi connectivity index (χ3n) is 2.71. The number of oxazole rings is 1. The quantitative estimate of drug-likeness (QED) is 0.751. The first kappa shape index (κ1) is 10.2. The molecule has 0 aliphatic rings. The molecule has 0 bridgehead atoms. The number of fused-ring (bicyclic) bond motifs is 1. The third kappa shape index (κ3) is 1.66. The van der Waals surface area contributed by atoms with E-state index in [2.05, 4.69) is 8.75 Å². The van der Waals surface area contributed by atoms with Gasteiger partial charge in [0.2, 0.25) is 0 Å². The van der Waals surface area contributed by atoms with E-state index in [9.17, 15) is 0 Å². The minimum absolute atomic E-state index is 0.155. The fourth-order valence-electron chi connectivity index (χ4n) is 1.78. The van der Waals surface area contributed by atoms with Gasteiger partial charge in [0, 0.05) is 5.56 Å². The first-order valence-corrected chi connectivity index (χ1v) is 5.88. The maximum absolute atomic E-state index is 7.67. The highest BCUT2D eigenvalue weighted by Crippen LogP contribution is 2.17. The van der Waals surface area contributed by atoms with Crippen LogP contribution in [0.5, 0.6) is 0 Å². The van der Waals surface area contributed by atoms with Gasteiger partial charge in [0.05, 0.1) is 24.0 Å². The van der Waals surface area contributed by atoms with Crippen LogP contribution in [0.3, 0.4) is 0 Å². The molecule has 0 amide bonds. The van der Waals surface area contributed by atoms with E-state index in [1.165, 1.54) is 11.7 Å². The Morgan fingerprint density at radius 3 is 3.06 bits per heavy atom. The highest BCUT2D eigenvalue weighted by Gasteiger charge is 2.08. The summed E-state index contributed by atoms with van der Waals surface area (Å²) < 4.78 is 15.3. The maximum atomic E-state index is 7.67. The predicted molar refractivity (Wildman–Crippen MR) is 63.8 cm³/mol. The van der Waals surface area contributed by atoms with Crippen LogP contribution in [0.2, 0.25) is 0 Å². The van der Waals surface area contributed by atoms with Gasteiger partial charge in [-0.05, 0) is 13.0 Å². The summed E-state index contributed by atoms with van der Waals surface area (Å²) in [5, 5.41) is 7.67. The van der Waals surface area contributed by atoms with Crippen LogP contribution in [-0.4, -0.2) is 13.3 Å². The van der Waals surface area contributed by atoms with Crippen molar-refractivity contribution in [3.8, 4) is 0 Å². The monoisotopic (exact) mass is 246 g/mol. The summed E-state index contributed by atoms with van der Waals surface area (Å²) in [6.45, 7) is 2.50. The molecule has 1 N–H and O–H groups in total. The molecule has 5 nitrogen and oxygen atoms in total. The van der Waals surface area contributed by atoms with Gasteiger partial charge in [-0.1, -0.05) is 12.1 Å². The minimum Gasteiger partial charge on any atom is -0.432 e. The smallest absolute Gasteiger partial charge is 0.294 e. The number of hydrogen-bond donors (Lipinski definition) is 1. The molecular formula is C11H10N4OS. The minimum atomic E-state index is 0.155. The number of aryl methyl sites for hydroxylation is 1. The Kier molecular flexibility index (Phi) is 2.29. The highest BCUT2D eigenvalue weighted by molar-refractivity contribution is 7.00. The lowest BCUT2D eigenvalue weighted by atomic mass is 10.2. The molecule has 2 aromatic heterocycles. The van der Waals surface area contributed by atoms with E-state index in [4.69, 9.17) is 9.83 Å². The van der Waals surface area contributed by atoms with Gasteiger partial charge in [-0.15, -0.1) is 0 Å². The molecule has 2 heterocycles. The second kappa shape index (κ2) is 3.81. The number of benzene rings is 1. The van der Waals surface area contributed by atoms with E-state index in [0.29, 0.717) is 6.54 Å². The summed E-state index contributed by atoms with van der Waals surface area (Å²) in [4.78, 5) is 0. The Hall–Kier alpha value is -1.95. The van der Waals surface area contributed by atoms with E-state index in [0.717, 1.165) is 22.3 Å². The molecule has 86 valence electrons. The Balaban J connectivity index is 2.12. The molecular weight excluding hydrogens is 236 g/mol. The molecule has 0 unspecified atom stereocenters. The number of nitrogens with one attached hydrogen (secondary N) is 1. The van der Waals surface area contributed by atoms with Crippen molar-refractivity contribution >= 4 is 22.8 Å². The number of rotatable bonds is 2. The molecule has 0 atom stereocenters. The van der Waals surface area contributed by atoms with Crippen molar-refractivity contribution < 1.29 is 4.42 Å². The molecule has 3 aromatic rings. The Bertz CT molecular complexity index is 724. The molecule has 0 aliphatic carbocycles. The number of nitrogens with zero attached hydrogens (tertiary/aromatic N) is 3. The fraction of sp³-hybridized carbons (Fsp3) is 0.182. The van der Waals surface area contributed by atoms with Crippen LogP contribution in [0.15, 0.2) is 28.9 Å². The lowest BCUT2D eigenvalue weighted by Gasteiger charge is -2.04. The molecule has 6 heteroatoms. The standard InChI is InChI=1S/C11H10N4OS/c1-7-6-16-11(12)15(7)5-8-3-2-4-9-10(8)14-17-13-9/h2-4,6,12H,5H2,1H3. The summed E-state index contributed by atoms with van der Waals surface area (Å²) in [7, 11) is 0. The first-order chi connectivity index (χ1) is 8.25. The summed E-state index contributed by atoms with van der Waals surface area (Å²) in [5.74, 6) is 0. The molecule has 0 saturated heterocycles. The molecule has 17 heavy (non-hydrogen) atoms. The Morgan fingerprint density at radius 1 is 1.41 bits per heavy atom. The van der Waals surface area contributed by atoms with Crippen LogP contribution in [0.25, 0.3) is 11.0 Å². The first-order valence-electron chi connectivity index (χ1n) is 5.15. The second-order valence-corrected chi connectivity index (χ2v) is 4.35. The van der Waals surface area contributed by atoms with Crippen LogP contribution < -0.4 is 5.68 Å². The molecule has 1 aromatic carbocycles. The van der Waals surface area contributed by atoms with Gasteiger partial charge in [-0.25, -0.2) is 0 Å². The molecule has 0 spiro atoms. The summed E-state index contributed by atoms with van der Waals surface area (Å²) in [5.41, 5.74) is 3.95. The van der Waals surface area contributed by atoms with Crippen molar-refractivity contribution in [1.29, 1.82) is 5.41 Å². The van der Waals surface area contributed by atoms with Crippen molar-refractivity contribution in [1.82, 2.24) is 13.3 Å². The van der Waals surface area contributed by atoms with Crippen LogP contribution in [-0.2, 0) is 6.54 Å². The normalized spacial score (nSPS) is 11.1. The van der Waals surface area contributed by atoms with Gasteiger partial charge in [-0.2, -0.15) is 8.75 Å². The van der Waals surface area contributed by atoms with Crippen LogP contribution in [0.4, 0.5) is 0 Å². The third-order valence-corrected chi connectivity index (χ3v) is 3.25. The van der Waals surface area contributed by atoms with Crippen molar-refractivity contribution in [2.75, 3.05) is 0 Å². The number of aromatic nitrogens is 3. The van der Waals surface area contributed by atoms with Gasteiger partial charge in [0.25, 0.3) is 5.68 Å². The van der Waals surface area contributed by atoms with Gasteiger partial charge in [0.15, 0.2) is 0 Å². The van der Waals surface area contributed by atoms with E-state index >= 15 is 0 Å². The lowest BCUT2D eigenvalue weighted by Crippen LogP contribution is -2.16. The van der Waals surface area contributed by atoms with Gasteiger partial charge in [-0.3, -0.25) is 9.98 Å². The van der Waals surface area contributed by atoms with Crippen LogP contribution in [0.1, 0.15) is 11.3 Å². The molecule has 0 fully saturated rings. The molecule has 3 rings (SSSR count). The fourth-order valence-corrected chi connectivity index (χ4v) is 2.35. The van der Waals surface area contributed by atoms with Gasteiger partial charge in [0.1, 0.15) is 17.3 Å². The highest BCUT2D eigenvalue weighted by atomic mass is 32.1. The lowest BCUT2D eigenvalue weighted by molar-refractivity contribution is 0.458. The average molecular weight is 246 g/mol. The zero-order valence-electron chi connectivity index (χ0n) is 9.17. The van der Waals surface area contributed by atoms with Crippen molar-refractivity contribution in [3.05, 3.63) is 41.4 Å². The summed E-state index contributed by atoms with van der Waals surface area (Å²) in [6, 6.07) is 5.90. The van der Waals surface area contributed by atoms with E-state index in [-0.39, 0.29) is 5.68 Å². The van der Waals surface area contributed by atoms with Gasteiger partial charge >= 0.3 is 0 Å². The molecule has 0 radical (unpaired) electrons. The van der Waals surface area contributed by atoms with Crippen LogP contribution >= 0.6 is 11.7 Å². The zero-order chi connectivity index (χ0) is 11.8. The van der Waals surface area contributed by atoms with Crippen molar-refractivity contribution in [3.63, 3.8) is 0 Å². The van der Waals surface area contributed by atoms with Crippen LogP contribution in [0, 0.1) is 12.3 Å². The Labute approximate surface area is 101 Å².